The van der Waals surface area contributed by atoms with E-state index < -0.39 is 107 Å². The molecule has 3 saturated carbocycles. The van der Waals surface area contributed by atoms with Gasteiger partial charge in [0.1, 0.15) is 23.7 Å². The van der Waals surface area contributed by atoms with Gasteiger partial charge in [-0.3, -0.25) is 38.4 Å². The topological polar surface area (TPSA) is 233 Å². The van der Waals surface area contributed by atoms with Crippen LogP contribution >= 0.6 is 0 Å². The predicted molar refractivity (Wildman–Crippen MR) is 352 cm³/mol. The molecule has 2 aliphatic heterocycles. The monoisotopic (exact) mass is 1350 g/mol. The molecular weight excluding hydrogens is 1250 g/mol. The van der Waals surface area contributed by atoms with Crippen LogP contribution in [0.5, 0.6) is 6.01 Å². The average Bonchev–Trinajstić information content (AvgIpc) is 0.859. The number of hydrogen-bond acceptors (Lipinski definition) is 13. The molecule has 0 radical (unpaired) electrons. The molecule has 2 saturated heterocycles. The Morgan fingerprint density at radius 3 is 1.36 bits per heavy atom. The SMILES string of the molecule is CCC(=O)N[C@@H](C(=O)N1CCN(C)CC1)[C@@H](C)c1ccc(NC(=O)[C@@H](CC(=O)C(F)(F)C2CCCCC2)C2CCC(C)CC2)c(F)c1.CCC(=O)N[C@@H](C(=O)N1CCN(C)CC1)[C@@H](C)c1ccc(NC(=O)[C@@H](CC(=O)C(F)(F)c2cnc(OC)nc2)C2CCCCCC2)c(F)c1. The van der Waals surface area contributed by atoms with E-state index in [1.165, 1.54) is 31.4 Å². The van der Waals surface area contributed by atoms with Gasteiger partial charge in [-0.2, -0.15) is 17.6 Å². The molecule has 6 amide bonds. The van der Waals surface area contributed by atoms with Crippen molar-refractivity contribution in [2.75, 3.05) is 84.2 Å². The first-order chi connectivity index (χ1) is 45.7. The molecule has 4 N–H and O–H groups in total. The molecule has 3 heterocycles. The van der Waals surface area contributed by atoms with Crippen LogP contribution in [0.25, 0.3) is 0 Å². The number of Topliss-reactive ketones (excluding diaryl/α,β-unsaturated/α-hetero) is 2. The van der Waals surface area contributed by atoms with Crippen molar-refractivity contribution < 1.29 is 69.4 Å². The number of halogens is 6. The molecule has 0 unspecified atom stereocenters. The third-order valence-corrected chi connectivity index (χ3v) is 20.6. The summed E-state index contributed by atoms with van der Waals surface area (Å²) in [6.07, 6.45) is 11.1. The number of aromatic nitrogens is 2. The minimum Gasteiger partial charge on any atom is -0.467 e. The van der Waals surface area contributed by atoms with Crippen molar-refractivity contribution in [3.8, 4) is 6.01 Å². The summed E-state index contributed by atoms with van der Waals surface area (Å²) in [5, 5.41) is 10.8. The Labute approximate surface area is 561 Å². The van der Waals surface area contributed by atoms with Crippen LogP contribution in [-0.2, 0) is 44.3 Å². The normalized spacial score (nSPS) is 20.7. The summed E-state index contributed by atoms with van der Waals surface area (Å²) in [6.45, 7) is 13.8. The number of nitrogens with zero attached hydrogens (tertiary/aromatic N) is 6. The number of benzene rings is 2. The second-order valence-corrected chi connectivity index (χ2v) is 27.3. The lowest BCUT2D eigenvalue weighted by atomic mass is 9.73. The molecule has 19 nitrogen and oxygen atoms in total. The zero-order valence-corrected chi connectivity index (χ0v) is 57.1. The highest BCUT2D eigenvalue weighted by Gasteiger charge is 2.49. The highest BCUT2D eigenvalue weighted by Crippen LogP contribution is 2.43. The number of carbonyl (C=O) groups is 8. The van der Waals surface area contributed by atoms with E-state index in [0.717, 1.165) is 57.3 Å². The van der Waals surface area contributed by atoms with Crippen LogP contribution in [0.15, 0.2) is 48.8 Å². The Morgan fingerprint density at radius 2 is 0.958 bits per heavy atom. The van der Waals surface area contributed by atoms with Gasteiger partial charge in [-0.15, -0.1) is 0 Å². The van der Waals surface area contributed by atoms with Gasteiger partial charge in [-0.25, -0.2) is 18.7 Å². The largest absolute Gasteiger partial charge is 0.467 e. The van der Waals surface area contributed by atoms with Crippen molar-refractivity contribution in [1.82, 2.24) is 40.2 Å². The van der Waals surface area contributed by atoms with E-state index in [9.17, 15) is 38.4 Å². The maximum absolute atomic E-state index is 15.7. The first-order valence-corrected chi connectivity index (χ1v) is 34.6. The molecule has 96 heavy (non-hydrogen) atoms. The van der Waals surface area contributed by atoms with Crippen LogP contribution < -0.4 is 26.0 Å². The minimum atomic E-state index is -3.95. The Morgan fingerprint density at radius 1 is 0.562 bits per heavy atom. The van der Waals surface area contributed by atoms with Crippen molar-refractivity contribution in [1.29, 1.82) is 0 Å². The summed E-state index contributed by atoms with van der Waals surface area (Å²) >= 11 is 0. The molecule has 5 fully saturated rings. The van der Waals surface area contributed by atoms with Gasteiger partial charge in [0.2, 0.25) is 47.0 Å². The smallest absolute Gasteiger partial charge is 0.333 e. The first kappa shape index (κ1) is 76.3. The number of ketones is 2. The van der Waals surface area contributed by atoms with Gasteiger partial charge < -0.3 is 45.6 Å². The van der Waals surface area contributed by atoms with Crippen LogP contribution in [0.4, 0.5) is 37.7 Å². The summed E-state index contributed by atoms with van der Waals surface area (Å²) in [5.74, 6) is -18.5. The van der Waals surface area contributed by atoms with Crippen molar-refractivity contribution in [3.63, 3.8) is 0 Å². The molecule has 530 valence electrons. The van der Waals surface area contributed by atoms with Crippen molar-refractivity contribution in [3.05, 3.63) is 77.1 Å². The number of ether oxygens (including phenoxy) is 1. The molecule has 3 aliphatic carbocycles. The number of nitrogens with one attached hydrogen (secondary N) is 4. The molecule has 2 aromatic carbocycles. The number of hydrogen-bond donors (Lipinski definition) is 4. The van der Waals surface area contributed by atoms with Gasteiger partial charge in [-0.05, 0) is 106 Å². The molecule has 6 atom stereocenters. The zero-order chi connectivity index (χ0) is 70.0. The van der Waals surface area contributed by atoms with Crippen LogP contribution in [0, 0.1) is 47.1 Å². The molecular formula is C71H100F6N10O9. The summed E-state index contributed by atoms with van der Waals surface area (Å²) in [7, 11) is 5.23. The van der Waals surface area contributed by atoms with E-state index in [4.69, 9.17) is 4.74 Å². The van der Waals surface area contributed by atoms with Crippen molar-refractivity contribution >= 4 is 58.4 Å². The molecule has 0 spiro atoms. The van der Waals surface area contributed by atoms with Crippen molar-refractivity contribution in [2.24, 2.45) is 35.5 Å². The lowest BCUT2D eigenvalue weighted by molar-refractivity contribution is -0.156. The van der Waals surface area contributed by atoms with E-state index in [1.807, 2.05) is 14.1 Å². The highest BCUT2D eigenvalue weighted by atomic mass is 19.3. The van der Waals surface area contributed by atoms with Crippen LogP contribution in [-0.4, -0.2) is 168 Å². The van der Waals surface area contributed by atoms with E-state index in [-0.39, 0.29) is 65.7 Å². The van der Waals surface area contributed by atoms with E-state index in [0.29, 0.717) is 121 Å². The number of methoxy groups -OCH3 is 1. The van der Waals surface area contributed by atoms with E-state index in [2.05, 4.69) is 48.0 Å². The molecule has 8 rings (SSSR count). The number of rotatable bonds is 25. The van der Waals surface area contributed by atoms with Gasteiger partial charge in [0.25, 0.3) is 0 Å². The van der Waals surface area contributed by atoms with E-state index in [1.54, 1.807) is 49.6 Å². The number of piperazine rings is 2. The fraction of sp³-hybridized carbons (Fsp3) is 0.662. The van der Waals surface area contributed by atoms with Gasteiger partial charge in [0.15, 0.2) is 0 Å². The lowest BCUT2D eigenvalue weighted by Gasteiger charge is -2.36. The summed E-state index contributed by atoms with van der Waals surface area (Å²) in [5.41, 5.74) is -0.123. The third kappa shape index (κ3) is 20.3. The van der Waals surface area contributed by atoms with Crippen LogP contribution in [0.2, 0.25) is 0 Å². The number of anilines is 2. The Hall–Kier alpha value is -7.02. The number of amides is 6. The first-order valence-electron chi connectivity index (χ1n) is 34.6. The molecule has 5 aliphatic rings. The van der Waals surface area contributed by atoms with Gasteiger partial charge in [0, 0.05) is 120 Å². The average molecular weight is 1350 g/mol. The standard InChI is InChI=1S/C36H53F3N4O4.C35H47F3N6O5/c1-5-32(45)41-33(35(47)43-19-17-42(4)18-20-43)24(3)26-15-16-30(29(37)21-26)40-34(46)28(25-13-11-23(2)12-14-25)22-31(44)36(38,39)27-9-7-6-8-10-27;1-5-30(46)42-31(33(48)44-16-14-43(3)15-17-44)22(2)24-12-13-28(27(36)18-24)41-32(47)26(23-10-8-6-7-9-11-23)19-29(45)35(37,38)25-20-39-34(49-4)40-21-25/h15-16,21,23-25,27-28,33H,5-14,17-20,22H2,1-4H3,(H,40,46)(H,41,45);12-13,18,20-23,26,31H,5-11,14-17,19H2,1-4H3,(H,41,47)(H,42,46)/t23?,24-,25?,28-,33+;22-,26-,31+/m00/s1. The quantitative estimate of drug-likeness (QED) is 0.0457. The maximum atomic E-state index is 15.7. The third-order valence-electron chi connectivity index (χ3n) is 20.6. The van der Waals surface area contributed by atoms with E-state index >= 15 is 26.3 Å². The Kier molecular flexibility index (Phi) is 28.2. The molecule has 3 aromatic rings. The Balaban J connectivity index is 0.000000271. The summed E-state index contributed by atoms with van der Waals surface area (Å²) in [6, 6.07) is 6.40. The van der Waals surface area contributed by atoms with Gasteiger partial charge in [-0.1, -0.05) is 105 Å². The fourth-order valence-corrected chi connectivity index (χ4v) is 13.9. The number of carbonyl (C=O) groups excluding carboxylic acids is 8. The molecule has 25 heteroatoms. The number of alkyl halides is 4. The zero-order valence-electron chi connectivity index (χ0n) is 57.1. The van der Waals surface area contributed by atoms with Gasteiger partial charge >= 0.3 is 17.9 Å². The lowest BCUT2D eigenvalue weighted by Crippen LogP contribution is -2.55. The second-order valence-electron chi connectivity index (χ2n) is 27.3. The van der Waals surface area contributed by atoms with Gasteiger partial charge in [0.05, 0.1) is 24.0 Å². The summed E-state index contributed by atoms with van der Waals surface area (Å²) in [4.78, 5) is 120. The predicted octanol–water partition coefficient (Wildman–Crippen LogP) is 10.8. The molecule has 0 bridgehead atoms. The number of likely N-dealkylation sites (N-methyl/N-ethyl adjacent to an activating group) is 2. The maximum Gasteiger partial charge on any atom is 0.333 e. The minimum absolute atomic E-state index is 0.119. The second kappa shape index (κ2) is 35.5. The van der Waals surface area contributed by atoms with Crippen LogP contribution in [0.1, 0.15) is 185 Å². The summed E-state index contributed by atoms with van der Waals surface area (Å²) < 4.78 is 97.4. The fourth-order valence-electron chi connectivity index (χ4n) is 13.9. The highest BCUT2D eigenvalue weighted by molar-refractivity contribution is 5.99. The Bertz CT molecular complexity index is 3120. The van der Waals surface area contributed by atoms with Crippen molar-refractivity contribution in [2.45, 2.75) is 192 Å². The van der Waals surface area contributed by atoms with Crippen LogP contribution in [0.3, 0.4) is 0 Å². The molecule has 1 aromatic heterocycles.